The van der Waals surface area contributed by atoms with Gasteiger partial charge in [0.15, 0.2) is 5.76 Å². The Bertz CT molecular complexity index is 206. The summed E-state index contributed by atoms with van der Waals surface area (Å²) < 4.78 is 6.24. The zero-order valence-electron chi connectivity index (χ0n) is 7.88. The van der Waals surface area contributed by atoms with Crippen molar-refractivity contribution in [3.63, 3.8) is 0 Å². The molecule has 1 aromatic heterocycles. The highest BCUT2D eigenvalue weighted by atomic mass is 79.9. The van der Waals surface area contributed by atoms with E-state index in [1.807, 2.05) is 12.1 Å². The second kappa shape index (κ2) is 4.67. The summed E-state index contributed by atoms with van der Waals surface area (Å²) in [5.41, 5.74) is 0. The molecule has 0 amide bonds. The van der Waals surface area contributed by atoms with Crippen molar-refractivity contribution < 1.29 is 25.9 Å². The summed E-state index contributed by atoms with van der Waals surface area (Å²) in [7, 11) is 4.39. The van der Waals surface area contributed by atoms with Crippen molar-refractivity contribution in [3.05, 3.63) is 24.2 Å². The van der Waals surface area contributed by atoms with Crippen LogP contribution in [0.3, 0.4) is 0 Å². The van der Waals surface area contributed by atoms with E-state index in [2.05, 4.69) is 21.0 Å². The van der Waals surface area contributed by atoms with Gasteiger partial charge in [0, 0.05) is 0 Å². The minimum absolute atomic E-state index is 0. The Hall–Kier alpha value is -0.280. The first-order chi connectivity index (χ1) is 5.14. The number of halogens is 1. The lowest BCUT2D eigenvalue weighted by Crippen LogP contribution is -3.00. The van der Waals surface area contributed by atoms with Gasteiger partial charge in [0.1, 0.15) is 6.54 Å². The van der Waals surface area contributed by atoms with Crippen molar-refractivity contribution in [2.45, 2.75) is 13.5 Å². The number of quaternary nitrogens is 1. The van der Waals surface area contributed by atoms with Gasteiger partial charge < -0.3 is 25.9 Å². The Labute approximate surface area is 84.5 Å². The van der Waals surface area contributed by atoms with E-state index in [4.69, 9.17) is 4.42 Å². The first-order valence-electron chi connectivity index (χ1n) is 3.98. The van der Waals surface area contributed by atoms with Gasteiger partial charge in [-0.3, -0.25) is 0 Å². The summed E-state index contributed by atoms with van der Waals surface area (Å²) >= 11 is 0. The highest BCUT2D eigenvalue weighted by molar-refractivity contribution is 4.95. The molecule has 0 N–H and O–H groups in total. The molecular weight excluding hydrogens is 218 g/mol. The fraction of sp³-hybridized carbons (Fsp3) is 0.556. The Morgan fingerprint density at radius 2 is 2.08 bits per heavy atom. The van der Waals surface area contributed by atoms with Gasteiger partial charge in [0.2, 0.25) is 0 Å². The largest absolute Gasteiger partial charge is 1.00 e. The predicted molar refractivity (Wildman–Crippen MR) is 45.1 cm³/mol. The van der Waals surface area contributed by atoms with Gasteiger partial charge >= 0.3 is 0 Å². The number of hydrogen-bond acceptors (Lipinski definition) is 1. The first kappa shape index (κ1) is 11.7. The monoisotopic (exact) mass is 233 g/mol. The first-order valence-corrected chi connectivity index (χ1v) is 3.98. The zero-order valence-corrected chi connectivity index (χ0v) is 9.47. The minimum Gasteiger partial charge on any atom is -1.00 e. The van der Waals surface area contributed by atoms with Gasteiger partial charge in [0.05, 0.1) is 26.9 Å². The molecule has 0 saturated heterocycles. The van der Waals surface area contributed by atoms with E-state index in [1.165, 1.54) is 0 Å². The molecule has 0 bridgehead atoms. The maximum absolute atomic E-state index is 5.26. The normalized spacial score (nSPS) is 10.9. The molecule has 1 heterocycles. The van der Waals surface area contributed by atoms with Crippen LogP contribution in [0.2, 0.25) is 0 Å². The smallest absolute Gasteiger partial charge is 0.158 e. The van der Waals surface area contributed by atoms with Crippen LogP contribution in [0.15, 0.2) is 22.8 Å². The SMILES string of the molecule is CC[N+](C)(C)Cc1ccco1.[Br-]. The Morgan fingerprint density at radius 1 is 1.42 bits per heavy atom. The summed E-state index contributed by atoms with van der Waals surface area (Å²) in [6, 6.07) is 3.96. The summed E-state index contributed by atoms with van der Waals surface area (Å²) in [6.45, 7) is 4.28. The molecule has 0 aliphatic rings. The van der Waals surface area contributed by atoms with Gasteiger partial charge in [-0.25, -0.2) is 0 Å². The van der Waals surface area contributed by atoms with Crippen LogP contribution in [0.25, 0.3) is 0 Å². The number of hydrogen-bond donors (Lipinski definition) is 0. The molecule has 0 aliphatic heterocycles. The molecule has 12 heavy (non-hydrogen) atoms. The van der Waals surface area contributed by atoms with E-state index in [0.29, 0.717) is 0 Å². The van der Waals surface area contributed by atoms with Crippen molar-refractivity contribution in [1.82, 2.24) is 0 Å². The molecule has 0 aromatic carbocycles. The minimum atomic E-state index is 0. The molecule has 1 rings (SSSR count). The molecule has 0 fully saturated rings. The molecule has 0 unspecified atom stereocenters. The fourth-order valence-electron chi connectivity index (χ4n) is 0.936. The van der Waals surface area contributed by atoms with Crippen molar-refractivity contribution in [2.75, 3.05) is 20.6 Å². The van der Waals surface area contributed by atoms with Gasteiger partial charge in [-0.05, 0) is 19.1 Å². The molecule has 0 radical (unpaired) electrons. The fourth-order valence-corrected chi connectivity index (χ4v) is 0.936. The lowest BCUT2D eigenvalue weighted by atomic mass is 10.3. The third-order valence-corrected chi connectivity index (χ3v) is 2.02. The molecule has 0 spiro atoms. The van der Waals surface area contributed by atoms with Crippen molar-refractivity contribution in [1.29, 1.82) is 0 Å². The second-order valence-electron chi connectivity index (χ2n) is 3.49. The molecule has 0 atom stereocenters. The van der Waals surface area contributed by atoms with Crippen LogP contribution >= 0.6 is 0 Å². The lowest BCUT2D eigenvalue weighted by Gasteiger charge is -2.26. The molecule has 0 aliphatic carbocycles. The number of furan rings is 1. The maximum atomic E-state index is 5.26. The van der Waals surface area contributed by atoms with Crippen LogP contribution in [0.5, 0.6) is 0 Å². The summed E-state index contributed by atoms with van der Waals surface area (Å²) in [5.74, 6) is 1.07. The van der Waals surface area contributed by atoms with Crippen LogP contribution in [-0.4, -0.2) is 25.1 Å². The van der Waals surface area contributed by atoms with E-state index >= 15 is 0 Å². The van der Waals surface area contributed by atoms with E-state index in [-0.39, 0.29) is 17.0 Å². The maximum Gasteiger partial charge on any atom is 0.158 e. The average Bonchev–Trinajstić information content (AvgIpc) is 2.39. The zero-order chi connectivity index (χ0) is 8.32. The highest BCUT2D eigenvalue weighted by Crippen LogP contribution is 2.08. The summed E-state index contributed by atoms with van der Waals surface area (Å²) in [5, 5.41) is 0. The Kier molecular flexibility index (Phi) is 4.57. The predicted octanol–water partition coefficient (Wildman–Crippen LogP) is -1.12. The van der Waals surface area contributed by atoms with Crippen LogP contribution in [0, 0.1) is 0 Å². The third-order valence-electron chi connectivity index (χ3n) is 2.02. The number of nitrogens with zero attached hydrogens (tertiary/aromatic N) is 1. The standard InChI is InChI=1S/C9H16NO.BrH/c1-4-10(2,3)8-9-6-5-7-11-9;/h5-7H,4,8H2,1-3H3;1H/q+1;/p-1. The second-order valence-corrected chi connectivity index (χ2v) is 3.49. The van der Waals surface area contributed by atoms with Crippen LogP contribution < -0.4 is 17.0 Å². The molecule has 2 nitrogen and oxygen atoms in total. The Morgan fingerprint density at radius 3 is 2.50 bits per heavy atom. The van der Waals surface area contributed by atoms with E-state index in [1.54, 1.807) is 6.26 Å². The number of rotatable bonds is 3. The molecule has 1 aromatic rings. The van der Waals surface area contributed by atoms with E-state index in [0.717, 1.165) is 23.3 Å². The van der Waals surface area contributed by atoms with Crippen molar-refractivity contribution in [2.24, 2.45) is 0 Å². The molecule has 3 heteroatoms. The summed E-state index contributed by atoms with van der Waals surface area (Å²) in [4.78, 5) is 0. The van der Waals surface area contributed by atoms with Crippen molar-refractivity contribution >= 4 is 0 Å². The van der Waals surface area contributed by atoms with Gasteiger partial charge in [0.25, 0.3) is 0 Å². The van der Waals surface area contributed by atoms with Crippen LogP contribution in [0.1, 0.15) is 12.7 Å². The van der Waals surface area contributed by atoms with Crippen LogP contribution in [0.4, 0.5) is 0 Å². The molecule has 0 saturated carbocycles. The van der Waals surface area contributed by atoms with Gasteiger partial charge in [-0.15, -0.1) is 0 Å². The van der Waals surface area contributed by atoms with E-state index in [9.17, 15) is 0 Å². The Balaban J connectivity index is 0.00000121. The van der Waals surface area contributed by atoms with Crippen molar-refractivity contribution in [3.8, 4) is 0 Å². The van der Waals surface area contributed by atoms with Gasteiger partial charge in [-0.2, -0.15) is 0 Å². The topological polar surface area (TPSA) is 13.1 Å². The van der Waals surface area contributed by atoms with Crippen LogP contribution in [-0.2, 0) is 6.54 Å². The third kappa shape index (κ3) is 3.41. The highest BCUT2D eigenvalue weighted by Gasteiger charge is 2.13. The lowest BCUT2D eigenvalue weighted by molar-refractivity contribution is -0.902. The summed E-state index contributed by atoms with van der Waals surface area (Å²) in [6.07, 6.45) is 1.73. The average molecular weight is 234 g/mol. The van der Waals surface area contributed by atoms with Gasteiger partial charge in [-0.1, -0.05) is 0 Å². The molecule has 70 valence electrons. The molecular formula is C9H16BrNO. The van der Waals surface area contributed by atoms with E-state index < -0.39 is 0 Å². The quantitative estimate of drug-likeness (QED) is 0.604.